The molecule has 14 heavy (non-hydrogen) atoms. The summed E-state index contributed by atoms with van der Waals surface area (Å²) in [5.41, 5.74) is 5.04. The zero-order valence-electron chi connectivity index (χ0n) is 8.77. The molecule has 0 spiro atoms. The van der Waals surface area contributed by atoms with Crippen molar-refractivity contribution in [1.29, 1.82) is 0 Å². The summed E-state index contributed by atoms with van der Waals surface area (Å²) < 4.78 is 0. The molecule has 1 aromatic heterocycles. The minimum absolute atomic E-state index is 0.536. The molecule has 0 amide bonds. The van der Waals surface area contributed by atoms with E-state index in [0.29, 0.717) is 18.0 Å². The maximum atomic E-state index is 9.95. The predicted molar refractivity (Wildman–Crippen MR) is 56.4 cm³/mol. The monoisotopic (exact) mass is 194 g/mol. The van der Waals surface area contributed by atoms with Crippen LogP contribution in [0, 0.1) is 5.92 Å². The number of rotatable bonds is 4. The molecule has 0 saturated heterocycles. The van der Waals surface area contributed by atoms with Crippen molar-refractivity contribution in [2.45, 2.75) is 32.4 Å². The van der Waals surface area contributed by atoms with Crippen LogP contribution in [0.2, 0.25) is 0 Å². The fourth-order valence-corrected chi connectivity index (χ4v) is 1.26. The standard InChI is InChI=1S/C11H18N2O/c1-9(2)6-7-11(12,14)10-5-3-4-8-13-10/h3-5,8-9,14H,6-7,12H2,1-2H3/t11-/m1/s1. The van der Waals surface area contributed by atoms with Gasteiger partial charge in [0.1, 0.15) is 0 Å². The average Bonchev–Trinajstić information content (AvgIpc) is 2.16. The van der Waals surface area contributed by atoms with Crippen LogP contribution in [0.25, 0.3) is 0 Å². The Bertz CT molecular complexity index is 270. The highest BCUT2D eigenvalue weighted by Crippen LogP contribution is 2.20. The SMILES string of the molecule is CC(C)CC[C@@](N)(O)c1ccccn1. The first kappa shape index (κ1) is 11.1. The Balaban J connectivity index is 2.66. The zero-order chi connectivity index (χ0) is 10.6. The van der Waals surface area contributed by atoms with Crippen LogP contribution >= 0.6 is 0 Å². The molecule has 3 N–H and O–H groups in total. The molecule has 0 aliphatic heterocycles. The highest BCUT2D eigenvalue weighted by Gasteiger charge is 2.24. The third-order valence-corrected chi connectivity index (χ3v) is 2.21. The van der Waals surface area contributed by atoms with Gasteiger partial charge in [-0.1, -0.05) is 19.9 Å². The van der Waals surface area contributed by atoms with E-state index in [0.717, 1.165) is 6.42 Å². The van der Waals surface area contributed by atoms with E-state index in [4.69, 9.17) is 5.73 Å². The van der Waals surface area contributed by atoms with Crippen LogP contribution < -0.4 is 5.73 Å². The number of nitrogens with two attached hydrogens (primary N) is 1. The first-order chi connectivity index (χ1) is 6.52. The second kappa shape index (κ2) is 4.53. The topological polar surface area (TPSA) is 59.1 Å². The van der Waals surface area contributed by atoms with Gasteiger partial charge in [-0.15, -0.1) is 0 Å². The molecule has 3 nitrogen and oxygen atoms in total. The summed E-state index contributed by atoms with van der Waals surface area (Å²) >= 11 is 0. The van der Waals surface area contributed by atoms with Crippen LogP contribution in [0.1, 0.15) is 32.4 Å². The summed E-state index contributed by atoms with van der Waals surface area (Å²) in [6.45, 7) is 4.21. The van der Waals surface area contributed by atoms with E-state index in [2.05, 4.69) is 18.8 Å². The molecule has 0 aliphatic rings. The Morgan fingerprint density at radius 3 is 2.71 bits per heavy atom. The summed E-state index contributed by atoms with van der Waals surface area (Å²) in [4.78, 5) is 4.05. The summed E-state index contributed by atoms with van der Waals surface area (Å²) in [6, 6.07) is 5.39. The molecule has 78 valence electrons. The largest absolute Gasteiger partial charge is 0.370 e. The van der Waals surface area contributed by atoms with Crippen LogP contribution in [-0.4, -0.2) is 10.1 Å². The maximum absolute atomic E-state index is 9.95. The maximum Gasteiger partial charge on any atom is 0.156 e. The first-order valence-electron chi connectivity index (χ1n) is 4.95. The van der Waals surface area contributed by atoms with Crippen molar-refractivity contribution in [3.63, 3.8) is 0 Å². The van der Waals surface area contributed by atoms with Crippen molar-refractivity contribution < 1.29 is 5.11 Å². The van der Waals surface area contributed by atoms with Gasteiger partial charge in [0.05, 0.1) is 5.69 Å². The normalized spacial score (nSPS) is 15.5. The highest BCUT2D eigenvalue weighted by atomic mass is 16.3. The lowest BCUT2D eigenvalue weighted by Crippen LogP contribution is -2.37. The molecule has 0 aliphatic carbocycles. The van der Waals surface area contributed by atoms with Gasteiger partial charge in [0, 0.05) is 6.20 Å². The molecule has 0 fully saturated rings. The Labute approximate surface area is 85.0 Å². The van der Waals surface area contributed by atoms with Crippen LogP contribution in [0.5, 0.6) is 0 Å². The van der Waals surface area contributed by atoms with E-state index in [1.54, 1.807) is 12.3 Å². The lowest BCUT2D eigenvalue weighted by molar-refractivity contribution is 0.0245. The molecular formula is C11H18N2O. The molecule has 0 radical (unpaired) electrons. The first-order valence-corrected chi connectivity index (χ1v) is 4.95. The van der Waals surface area contributed by atoms with Gasteiger partial charge in [-0.25, -0.2) is 0 Å². The van der Waals surface area contributed by atoms with E-state index in [1.165, 1.54) is 0 Å². The number of aromatic nitrogens is 1. The summed E-state index contributed by atoms with van der Waals surface area (Å²) in [5, 5.41) is 9.95. The summed E-state index contributed by atoms with van der Waals surface area (Å²) in [7, 11) is 0. The third kappa shape index (κ3) is 3.09. The van der Waals surface area contributed by atoms with Gasteiger partial charge in [0.2, 0.25) is 0 Å². The van der Waals surface area contributed by atoms with E-state index >= 15 is 0 Å². The van der Waals surface area contributed by atoms with Gasteiger partial charge in [0.25, 0.3) is 0 Å². The molecule has 0 bridgehead atoms. The molecule has 1 heterocycles. The Morgan fingerprint density at radius 1 is 1.50 bits per heavy atom. The zero-order valence-corrected chi connectivity index (χ0v) is 8.77. The quantitative estimate of drug-likeness (QED) is 0.716. The molecule has 3 heteroatoms. The Hall–Kier alpha value is -0.930. The Kier molecular flexibility index (Phi) is 3.61. The van der Waals surface area contributed by atoms with Crippen molar-refractivity contribution in [3.05, 3.63) is 30.1 Å². The van der Waals surface area contributed by atoms with Crippen molar-refractivity contribution >= 4 is 0 Å². The average molecular weight is 194 g/mol. The molecule has 0 unspecified atom stereocenters. The van der Waals surface area contributed by atoms with Crippen LogP contribution in [-0.2, 0) is 5.72 Å². The van der Waals surface area contributed by atoms with Crippen molar-refractivity contribution in [2.24, 2.45) is 11.7 Å². The van der Waals surface area contributed by atoms with Crippen LogP contribution in [0.15, 0.2) is 24.4 Å². The van der Waals surface area contributed by atoms with Crippen molar-refractivity contribution in [2.75, 3.05) is 0 Å². The number of aliphatic hydroxyl groups is 1. The number of pyridine rings is 1. The van der Waals surface area contributed by atoms with Gasteiger partial charge in [0.15, 0.2) is 5.72 Å². The Morgan fingerprint density at radius 2 is 2.21 bits per heavy atom. The molecule has 1 atom stereocenters. The molecule has 1 aromatic rings. The van der Waals surface area contributed by atoms with E-state index in [-0.39, 0.29) is 0 Å². The summed E-state index contributed by atoms with van der Waals surface area (Å²) in [6.07, 6.45) is 3.08. The van der Waals surface area contributed by atoms with Gasteiger partial charge >= 0.3 is 0 Å². The van der Waals surface area contributed by atoms with Gasteiger partial charge in [-0.3, -0.25) is 10.7 Å². The minimum atomic E-state index is -1.29. The number of hydrogen-bond acceptors (Lipinski definition) is 3. The van der Waals surface area contributed by atoms with Crippen LogP contribution in [0.3, 0.4) is 0 Å². The highest BCUT2D eigenvalue weighted by molar-refractivity contribution is 5.10. The number of hydrogen-bond donors (Lipinski definition) is 2. The third-order valence-electron chi connectivity index (χ3n) is 2.21. The lowest BCUT2D eigenvalue weighted by Gasteiger charge is -2.23. The fourth-order valence-electron chi connectivity index (χ4n) is 1.26. The van der Waals surface area contributed by atoms with E-state index < -0.39 is 5.72 Å². The second-order valence-corrected chi connectivity index (χ2v) is 4.07. The number of nitrogens with zero attached hydrogens (tertiary/aromatic N) is 1. The molecule has 1 rings (SSSR count). The summed E-state index contributed by atoms with van der Waals surface area (Å²) in [5.74, 6) is 0.536. The molecule has 0 aromatic carbocycles. The predicted octanol–water partition coefficient (Wildman–Crippen LogP) is 1.62. The van der Waals surface area contributed by atoms with Crippen molar-refractivity contribution in [1.82, 2.24) is 4.98 Å². The van der Waals surface area contributed by atoms with Gasteiger partial charge in [-0.05, 0) is 30.9 Å². The van der Waals surface area contributed by atoms with Gasteiger partial charge in [-0.2, -0.15) is 0 Å². The van der Waals surface area contributed by atoms with E-state index in [1.807, 2.05) is 12.1 Å². The smallest absolute Gasteiger partial charge is 0.156 e. The second-order valence-electron chi connectivity index (χ2n) is 4.07. The molecule has 0 saturated carbocycles. The van der Waals surface area contributed by atoms with Gasteiger partial charge < -0.3 is 5.11 Å². The van der Waals surface area contributed by atoms with Crippen LogP contribution in [0.4, 0.5) is 0 Å². The molecular weight excluding hydrogens is 176 g/mol. The fraction of sp³-hybridized carbons (Fsp3) is 0.545. The lowest BCUT2D eigenvalue weighted by atomic mass is 9.98. The van der Waals surface area contributed by atoms with E-state index in [9.17, 15) is 5.11 Å². The minimum Gasteiger partial charge on any atom is -0.370 e. The van der Waals surface area contributed by atoms with Crippen molar-refractivity contribution in [3.8, 4) is 0 Å².